The van der Waals surface area contributed by atoms with E-state index in [1.807, 2.05) is 21.9 Å². The van der Waals surface area contributed by atoms with Gasteiger partial charge in [0, 0.05) is 25.8 Å². The van der Waals surface area contributed by atoms with Crippen molar-refractivity contribution in [1.82, 2.24) is 14.9 Å². The van der Waals surface area contributed by atoms with Crippen molar-refractivity contribution in [2.75, 3.05) is 24.5 Å². The van der Waals surface area contributed by atoms with Gasteiger partial charge in [-0.05, 0) is 18.6 Å². The van der Waals surface area contributed by atoms with E-state index < -0.39 is 0 Å². The maximum atomic E-state index is 12.3. The Labute approximate surface area is 124 Å². The summed E-state index contributed by atoms with van der Waals surface area (Å²) in [5, 5.41) is 0. The predicted molar refractivity (Wildman–Crippen MR) is 80.8 cm³/mol. The highest BCUT2D eigenvalue weighted by Crippen LogP contribution is 2.15. The first kappa shape index (κ1) is 13.5. The second kappa shape index (κ2) is 5.91. The first-order chi connectivity index (χ1) is 10.2. The van der Waals surface area contributed by atoms with Crippen LogP contribution in [0.25, 0.3) is 0 Å². The molecule has 2 aromatic rings. The molecule has 2 heterocycles. The Hall–Kier alpha value is -2.43. The van der Waals surface area contributed by atoms with Crippen LogP contribution in [0.4, 0.5) is 5.82 Å². The van der Waals surface area contributed by atoms with Crippen LogP contribution in [0.3, 0.4) is 0 Å². The highest BCUT2D eigenvalue weighted by atomic mass is 16.2. The number of benzene rings is 1. The third-order valence-corrected chi connectivity index (χ3v) is 3.66. The van der Waals surface area contributed by atoms with Crippen LogP contribution in [0.1, 0.15) is 11.1 Å². The van der Waals surface area contributed by atoms with Crippen molar-refractivity contribution >= 4 is 11.7 Å². The fraction of sp³-hybridized carbons (Fsp3) is 0.312. The minimum absolute atomic E-state index is 0.140. The number of hydrogen-bond donors (Lipinski definition) is 0. The summed E-state index contributed by atoms with van der Waals surface area (Å²) in [4.78, 5) is 24.3. The molecular weight excluding hydrogens is 264 g/mol. The first-order valence-corrected chi connectivity index (χ1v) is 7.06. The van der Waals surface area contributed by atoms with Crippen LogP contribution in [-0.2, 0) is 11.3 Å². The van der Waals surface area contributed by atoms with Crippen molar-refractivity contribution in [3.05, 3.63) is 54.0 Å². The molecule has 0 atom stereocenters. The van der Waals surface area contributed by atoms with Gasteiger partial charge in [-0.2, -0.15) is 0 Å². The standard InChI is InChI=1S/C16H18N4O/c1-13-3-2-4-14(9-13)10-20-8-7-19(11-16(20)21)15-5-6-17-12-18-15/h2-6,9,12H,7-8,10-11H2,1H3. The number of anilines is 1. The fourth-order valence-electron chi connectivity index (χ4n) is 2.57. The molecule has 1 aromatic carbocycles. The van der Waals surface area contributed by atoms with Gasteiger partial charge in [-0.15, -0.1) is 0 Å². The molecule has 1 fully saturated rings. The number of aromatic nitrogens is 2. The summed E-state index contributed by atoms with van der Waals surface area (Å²) in [5.74, 6) is 0.954. The van der Waals surface area contributed by atoms with Crippen molar-refractivity contribution in [2.45, 2.75) is 13.5 Å². The van der Waals surface area contributed by atoms with Crippen LogP contribution in [0.15, 0.2) is 42.9 Å². The Bertz CT molecular complexity index is 629. The van der Waals surface area contributed by atoms with E-state index >= 15 is 0 Å². The minimum Gasteiger partial charge on any atom is -0.345 e. The summed E-state index contributed by atoms with van der Waals surface area (Å²) >= 11 is 0. The third kappa shape index (κ3) is 3.18. The van der Waals surface area contributed by atoms with Crippen molar-refractivity contribution in [3.63, 3.8) is 0 Å². The molecule has 1 saturated heterocycles. The van der Waals surface area contributed by atoms with E-state index in [1.165, 1.54) is 17.5 Å². The lowest BCUT2D eigenvalue weighted by Crippen LogP contribution is -2.50. The van der Waals surface area contributed by atoms with Gasteiger partial charge in [-0.25, -0.2) is 9.97 Å². The van der Waals surface area contributed by atoms with Crippen LogP contribution < -0.4 is 4.90 Å². The normalized spacial score (nSPS) is 15.4. The summed E-state index contributed by atoms with van der Waals surface area (Å²) in [6.07, 6.45) is 3.21. The summed E-state index contributed by atoms with van der Waals surface area (Å²) in [5.41, 5.74) is 2.40. The molecule has 108 valence electrons. The SMILES string of the molecule is Cc1cccc(CN2CCN(c3ccncn3)CC2=O)c1. The molecule has 5 nitrogen and oxygen atoms in total. The molecule has 1 amide bonds. The van der Waals surface area contributed by atoms with E-state index in [-0.39, 0.29) is 5.91 Å². The lowest BCUT2D eigenvalue weighted by molar-refractivity contribution is -0.131. The zero-order chi connectivity index (χ0) is 14.7. The molecule has 5 heteroatoms. The number of piperazine rings is 1. The average molecular weight is 282 g/mol. The van der Waals surface area contributed by atoms with Gasteiger partial charge in [0.2, 0.25) is 5.91 Å². The highest BCUT2D eigenvalue weighted by molar-refractivity contribution is 5.82. The number of hydrogen-bond acceptors (Lipinski definition) is 4. The maximum absolute atomic E-state index is 12.3. The predicted octanol–water partition coefficient (Wildman–Crippen LogP) is 1.63. The Morgan fingerprint density at radius 3 is 2.86 bits per heavy atom. The lowest BCUT2D eigenvalue weighted by Gasteiger charge is -2.35. The topological polar surface area (TPSA) is 49.3 Å². The quantitative estimate of drug-likeness (QED) is 0.858. The van der Waals surface area contributed by atoms with Crippen molar-refractivity contribution in [3.8, 4) is 0 Å². The third-order valence-electron chi connectivity index (χ3n) is 3.66. The monoisotopic (exact) mass is 282 g/mol. The molecule has 1 aliphatic rings. The number of carbonyl (C=O) groups is 1. The second-order valence-corrected chi connectivity index (χ2v) is 5.29. The van der Waals surface area contributed by atoms with Gasteiger partial charge >= 0.3 is 0 Å². The number of carbonyl (C=O) groups excluding carboxylic acids is 1. The molecule has 21 heavy (non-hydrogen) atoms. The number of nitrogens with zero attached hydrogens (tertiary/aromatic N) is 4. The summed E-state index contributed by atoms with van der Waals surface area (Å²) in [7, 11) is 0. The molecule has 1 aliphatic heterocycles. The molecule has 0 bridgehead atoms. The van der Waals surface area contributed by atoms with Crippen LogP contribution in [-0.4, -0.2) is 40.4 Å². The van der Waals surface area contributed by atoms with Crippen LogP contribution >= 0.6 is 0 Å². The highest BCUT2D eigenvalue weighted by Gasteiger charge is 2.24. The molecule has 0 aliphatic carbocycles. The van der Waals surface area contributed by atoms with E-state index in [0.29, 0.717) is 13.1 Å². The Balaban J connectivity index is 1.65. The Morgan fingerprint density at radius 1 is 1.24 bits per heavy atom. The van der Waals surface area contributed by atoms with Gasteiger partial charge in [0.15, 0.2) is 0 Å². The van der Waals surface area contributed by atoms with E-state index in [1.54, 1.807) is 6.20 Å². The Kier molecular flexibility index (Phi) is 3.81. The van der Waals surface area contributed by atoms with Crippen LogP contribution in [0, 0.1) is 6.92 Å². The first-order valence-electron chi connectivity index (χ1n) is 7.06. The zero-order valence-corrected chi connectivity index (χ0v) is 12.1. The summed E-state index contributed by atoms with van der Waals surface area (Å²) in [6.45, 7) is 4.64. The largest absolute Gasteiger partial charge is 0.345 e. The maximum Gasteiger partial charge on any atom is 0.242 e. The van der Waals surface area contributed by atoms with Crippen LogP contribution in [0.2, 0.25) is 0 Å². The summed E-state index contributed by atoms with van der Waals surface area (Å²) in [6, 6.07) is 10.1. The zero-order valence-electron chi connectivity index (χ0n) is 12.1. The lowest BCUT2D eigenvalue weighted by atomic mass is 10.1. The van der Waals surface area contributed by atoms with Crippen molar-refractivity contribution < 1.29 is 4.79 Å². The number of amides is 1. The fourth-order valence-corrected chi connectivity index (χ4v) is 2.57. The van der Waals surface area contributed by atoms with E-state index in [0.717, 1.165) is 18.9 Å². The Morgan fingerprint density at radius 2 is 2.14 bits per heavy atom. The second-order valence-electron chi connectivity index (χ2n) is 5.29. The molecule has 1 aromatic heterocycles. The van der Waals surface area contributed by atoms with Gasteiger partial charge < -0.3 is 9.80 Å². The van der Waals surface area contributed by atoms with E-state index in [4.69, 9.17) is 0 Å². The minimum atomic E-state index is 0.140. The van der Waals surface area contributed by atoms with Crippen molar-refractivity contribution in [2.24, 2.45) is 0 Å². The molecule has 0 spiro atoms. The average Bonchev–Trinajstić information content (AvgIpc) is 2.50. The van der Waals surface area contributed by atoms with Crippen molar-refractivity contribution in [1.29, 1.82) is 0 Å². The molecule has 0 saturated carbocycles. The van der Waals surface area contributed by atoms with Gasteiger partial charge in [-0.1, -0.05) is 29.8 Å². The molecule has 0 unspecified atom stereocenters. The van der Waals surface area contributed by atoms with E-state index in [9.17, 15) is 4.79 Å². The van der Waals surface area contributed by atoms with E-state index in [2.05, 4.69) is 35.1 Å². The van der Waals surface area contributed by atoms with Crippen LogP contribution in [0.5, 0.6) is 0 Å². The number of rotatable bonds is 3. The van der Waals surface area contributed by atoms with Gasteiger partial charge in [0.05, 0.1) is 6.54 Å². The summed E-state index contributed by atoms with van der Waals surface area (Å²) < 4.78 is 0. The smallest absolute Gasteiger partial charge is 0.242 e. The molecule has 0 N–H and O–H groups in total. The number of aryl methyl sites for hydroxylation is 1. The van der Waals surface area contributed by atoms with Gasteiger partial charge in [0.1, 0.15) is 12.1 Å². The molecule has 3 rings (SSSR count). The molecular formula is C16H18N4O. The van der Waals surface area contributed by atoms with Gasteiger partial charge in [0.25, 0.3) is 0 Å². The van der Waals surface area contributed by atoms with Gasteiger partial charge in [-0.3, -0.25) is 4.79 Å². The molecule has 0 radical (unpaired) electrons.